The highest BCUT2D eigenvalue weighted by Crippen LogP contribution is 2.24. The molecule has 21 heavy (non-hydrogen) atoms. The van der Waals surface area contributed by atoms with Crippen LogP contribution in [0.1, 0.15) is 34.0 Å². The molecule has 1 aromatic carbocycles. The van der Waals surface area contributed by atoms with Gasteiger partial charge >= 0.3 is 0 Å². The first-order valence-corrected chi connectivity index (χ1v) is 7.35. The van der Waals surface area contributed by atoms with Gasteiger partial charge in [0.25, 0.3) is 5.56 Å². The number of nitrogens with zero attached hydrogens (tertiary/aromatic N) is 1. The number of likely N-dealkylation sites (N-methyl/N-ethyl adjacent to an activating group) is 1. The van der Waals surface area contributed by atoms with Gasteiger partial charge in [-0.25, -0.2) is 0 Å². The maximum Gasteiger partial charge on any atom is 0.250 e. The van der Waals surface area contributed by atoms with E-state index in [-0.39, 0.29) is 11.6 Å². The summed E-state index contributed by atoms with van der Waals surface area (Å²) >= 11 is 0. The number of hydrogen-bond acceptors (Lipinski definition) is 2. The lowest BCUT2D eigenvalue weighted by molar-refractivity contribution is 0.480. The van der Waals surface area contributed by atoms with Crippen molar-refractivity contribution in [3.63, 3.8) is 0 Å². The van der Waals surface area contributed by atoms with Crippen molar-refractivity contribution in [3.8, 4) is 0 Å². The number of rotatable bonds is 4. The molecule has 3 heteroatoms. The van der Waals surface area contributed by atoms with Crippen LogP contribution in [0, 0.1) is 27.7 Å². The first kappa shape index (κ1) is 15.5. The summed E-state index contributed by atoms with van der Waals surface area (Å²) in [6.07, 6.45) is 0. The molecule has 1 aromatic heterocycles. The molecule has 112 valence electrons. The van der Waals surface area contributed by atoms with Gasteiger partial charge in [0.15, 0.2) is 0 Å². The molecule has 0 aliphatic heterocycles. The van der Waals surface area contributed by atoms with Crippen LogP contribution in [-0.4, -0.2) is 11.6 Å². The van der Waals surface area contributed by atoms with Crippen LogP contribution in [0.2, 0.25) is 0 Å². The molecule has 1 heterocycles. The topological polar surface area (TPSA) is 34.0 Å². The van der Waals surface area contributed by atoms with Gasteiger partial charge in [-0.3, -0.25) is 4.79 Å². The average Bonchev–Trinajstić information content (AvgIpc) is 2.39. The maximum atomic E-state index is 12.1. The van der Waals surface area contributed by atoms with E-state index in [1.54, 1.807) is 6.07 Å². The van der Waals surface area contributed by atoms with Gasteiger partial charge in [0.2, 0.25) is 0 Å². The lowest BCUT2D eigenvalue weighted by Crippen LogP contribution is -2.30. The van der Waals surface area contributed by atoms with Gasteiger partial charge in [-0.2, -0.15) is 0 Å². The molecule has 3 nitrogen and oxygen atoms in total. The fourth-order valence-electron chi connectivity index (χ4n) is 3.11. The fraction of sp³-hybridized carbons (Fsp3) is 0.389. The van der Waals surface area contributed by atoms with Crippen molar-refractivity contribution < 1.29 is 0 Å². The highest BCUT2D eigenvalue weighted by Gasteiger charge is 2.16. The Morgan fingerprint density at radius 2 is 1.71 bits per heavy atom. The average molecular weight is 284 g/mol. The first-order chi connectivity index (χ1) is 9.93. The third-order valence-corrected chi connectivity index (χ3v) is 4.07. The van der Waals surface area contributed by atoms with E-state index in [2.05, 4.69) is 38.2 Å². The molecule has 2 aromatic rings. The van der Waals surface area contributed by atoms with Gasteiger partial charge in [0.1, 0.15) is 0 Å². The molecule has 0 fully saturated rings. The van der Waals surface area contributed by atoms with Crippen molar-refractivity contribution in [3.05, 3.63) is 68.6 Å². The lowest BCUT2D eigenvalue weighted by atomic mass is 9.94. The zero-order valence-electron chi connectivity index (χ0n) is 13.5. The second-order valence-electron chi connectivity index (χ2n) is 5.77. The number of nitrogens with one attached hydrogen (secondary N) is 1. The zero-order chi connectivity index (χ0) is 15.6. The van der Waals surface area contributed by atoms with E-state index in [0.717, 1.165) is 5.69 Å². The summed E-state index contributed by atoms with van der Waals surface area (Å²) in [6, 6.07) is 9.94. The van der Waals surface area contributed by atoms with E-state index >= 15 is 0 Å². The Bertz CT molecular complexity index is 678. The van der Waals surface area contributed by atoms with Gasteiger partial charge in [0.05, 0.1) is 6.04 Å². The zero-order valence-corrected chi connectivity index (χ0v) is 13.5. The summed E-state index contributed by atoms with van der Waals surface area (Å²) in [5.41, 5.74) is 6.15. The minimum absolute atomic E-state index is 0.0534. The van der Waals surface area contributed by atoms with Gasteiger partial charge in [0, 0.05) is 18.3 Å². The molecular formula is C18H24N2O. The third-order valence-electron chi connectivity index (χ3n) is 4.07. The standard InChI is InChI=1S/C18H24N2O/c1-12-9-13(2)18(14(3)10-12)16(19-5)11-20-15(4)7-6-8-17(20)21/h6-10,16,19H,11H2,1-5H3. The minimum Gasteiger partial charge on any atom is -0.312 e. The van der Waals surface area contributed by atoms with Crippen molar-refractivity contribution in [2.45, 2.75) is 40.3 Å². The van der Waals surface area contributed by atoms with Crippen molar-refractivity contribution in [2.75, 3.05) is 7.05 Å². The summed E-state index contributed by atoms with van der Waals surface area (Å²) in [5.74, 6) is 0. The van der Waals surface area contributed by atoms with Crippen LogP contribution in [-0.2, 0) is 6.54 Å². The summed E-state index contributed by atoms with van der Waals surface area (Å²) in [7, 11) is 1.95. The monoisotopic (exact) mass is 284 g/mol. The number of benzene rings is 1. The van der Waals surface area contributed by atoms with Crippen LogP contribution in [0.4, 0.5) is 0 Å². The first-order valence-electron chi connectivity index (χ1n) is 7.35. The van der Waals surface area contributed by atoms with E-state index in [9.17, 15) is 4.79 Å². The quantitative estimate of drug-likeness (QED) is 0.936. The molecule has 1 N–H and O–H groups in total. The van der Waals surface area contributed by atoms with Crippen LogP contribution in [0.15, 0.2) is 35.1 Å². The van der Waals surface area contributed by atoms with E-state index in [4.69, 9.17) is 0 Å². The highest BCUT2D eigenvalue weighted by atomic mass is 16.1. The molecule has 0 aliphatic rings. The van der Waals surface area contributed by atoms with Crippen molar-refractivity contribution >= 4 is 0 Å². The summed E-state index contributed by atoms with van der Waals surface area (Å²) in [5, 5.41) is 3.36. The Kier molecular flexibility index (Phi) is 4.63. The number of aryl methyl sites for hydroxylation is 4. The predicted molar refractivity (Wildman–Crippen MR) is 87.9 cm³/mol. The normalized spacial score (nSPS) is 12.4. The maximum absolute atomic E-state index is 12.1. The largest absolute Gasteiger partial charge is 0.312 e. The summed E-state index contributed by atoms with van der Waals surface area (Å²) in [4.78, 5) is 12.1. The molecule has 0 amide bonds. The van der Waals surface area contributed by atoms with Gasteiger partial charge in [-0.1, -0.05) is 23.8 Å². The highest BCUT2D eigenvalue weighted by molar-refractivity contribution is 5.39. The Balaban J connectivity index is 2.44. The predicted octanol–water partition coefficient (Wildman–Crippen LogP) is 3.04. The van der Waals surface area contributed by atoms with Crippen molar-refractivity contribution in [1.29, 1.82) is 0 Å². The SMILES string of the molecule is CNC(Cn1c(C)cccc1=O)c1c(C)cc(C)cc1C. The van der Waals surface area contributed by atoms with E-state index in [1.165, 1.54) is 22.3 Å². The molecule has 2 rings (SSSR count). The van der Waals surface area contributed by atoms with E-state index < -0.39 is 0 Å². The number of pyridine rings is 1. The van der Waals surface area contributed by atoms with Crippen LogP contribution in [0.25, 0.3) is 0 Å². The molecule has 0 spiro atoms. The molecule has 1 unspecified atom stereocenters. The number of hydrogen-bond donors (Lipinski definition) is 1. The van der Waals surface area contributed by atoms with Gasteiger partial charge in [-0.05, 0) is 57.5 Å². The summed E-state index contributed by atoms with van der Waals surface area (Å²) in [6.45, 7) is 9.01. The fourth-order valence-corrected chi connectivity index (χ4v) is 3.11. The molecular weight excluding hydrogens is 260 g/mol. The van der Waals surface area contributed by atoms with Gasteiger partial charge < -0.3 is 9.88 Å². The van der Waals surface area contributed by atoms with Crippen LogP contribution < -0.4 is 10.9 Å². The summed E-state index contributed by atoms with van der Waals surface area (Å²) < 4.78 is 1.83. The molecule has 0 bridgehead atoms. The Labute approximate surface area is 126 Å². The lowest BCUT2D eigenvalue weighted by Gasteiger charge is -2.23. The third kappa shape index (κ3) is 3.24. The van der Waals surface area contributed by atoms with Crippen LogP contribution in [0.3, 0.4) is 0 Å². The molecule has 0 aliphatic carbocycles. The number of aromatic nitrogens is 1. The smallest absolute Gasteiger partial charge is 0.250 e. The Morgan fingerprint density at radius 3 is 2.24 bits per heavy atom. The van der Waals surface area contributed by atoms with Crippen LogP contribution in [0.5, 0.6) is 0 Å². The van der Waals surface area contributed by atoms with E-state index in [0.29, 0.717) is 6.54 Å². The van der Waals surface area contributed by atoms with Crippen LogP contribution >= 0.6 is 0 Å². The Morgan fingerprint density at radius 1 is 1.10 bits per heavy atom. The second kappa shape index (κ2) is 6.27. The minimum atomic E-state index is 0.0534. The molecule has 0 radical (unpaired) electrons. The molecule has 1 atom stereocenters. The van der Waals surface area contributed by atoms with Crippen molar-refractivity contribution in [2.24, 2.45) is 0 Å². The van der Waals surface area contributed by atoms with E-state index in [1.807, 2.05) is 30.7 Å². The Hall–Kier alpha value is -1.87. The second-order valence-corrected chi connectivity index (χ2v) is 5.77. The molecule has 0 saturated heterocycles. The van der Waals surface area contributed by atoms with Crippen molar-refractivity contribution in [1.82, 2.24) is 9.88 Å². The van der Waals surface area contributed by atoms with Gasteiger partial charge in [-0.15, -0.1) is 0 Å². The molecule has 0 saturated carbocycles.